The third kappa shape index (κ3) is 4.68. The van der Waals surface area contributed by atoms with Crippen molar-refractivity contribution in [1.29, 1.82) is 0 Å². The Morgan fingerprint density at radius 1 is 1.48 bits per heavy atom. The molecule has 0 fully saturated rings. The third-order valence-corrected chi connectivity index (χ3v) is 5.27. The fraction of sp³-hybridized carbons (Fsp3) is 0.467. The van der Waals surface area contributed by atoms with Crippen molar-refractivity contribution in [1.82, 2.24) is 4.90 Å². The van der Waals surface area contributed by atoms with E-state index in [9.17, 15) is 9.18 Å². The number of allylic oxidation sites excluding steroid dienone is 1. The third-order valence-electron chi connectivity index (χ3n) is 3.26. The molecule has 3 nitrogen and oxygen atoms in total. The molecule has 2 rings (SSSR count). The second kappa shape index (κ2) is 7.75. The summed E-state index contributed by atoms with van der Waals surface area (Å²) in [6.07, 6.45) is 4.30. The van der Waals surface area contributed by atoms with E-state index >= 15 is 0 Å². The summed E-state index contributed by atoms with van der Waals surface area (Å²) in [5.41, 5.74) is 0.807. The number of aliphatic imine (C=N–C) groups is 1. The van der Waals surface area contributed by atoms with E-state index < -0.39 is 0 Å². The van der Waals surface area contributed by atoms with Crippen molar-refractivity contribution < 1.29 is 9.18 Å². The summed E-state index contributed by atoms with van der Waals surface area (Å²) in [5, 5.41) is 2.33. The number of rotatable bonds is 2. The molecule has 21 heavy (non-hydrogen) atoms. The number of hydrogen-bond donors (Lipinski definition) is 0. The van der Waals surface area contributed by atoms with Gasteiger partial charge in [-0.05, 0) is 30.7 Å². The van der Waals surface area contributed by atoms with Gasteiger partial charge in [-0.3, -0.25) is 9.69 Å². The van der Waals surface area contributed by atoms with Crippen LogP contribution in [0.5, 0.6) is 0 Å². The molecule has 1 aliphatic rings. The molecule has 0 saturated carbocycles. The standard InChI is InChI=1S/C15H19FN2OS2/c1-11-6-4-3-5-8-21-15(17-11)18(2)14(19)10-13-12(16)7-9-20-13/h7,9H,1,3-6,8,10H2,2H3/b17-15-. The van der Waals surface area contributed by atoms with Gasteiger partial charge in [0.05, 0.1) is 6.42 Å². The van der Waals surface area contributed by atoms with Crippen LogP contribution in [0.15, 0.2) is 28.7 Å². The number of carbonyl (C=O) groups excluding carboxylic acids is 1. The maximum atomic E-state index is 13.4. The van der Waals surface area contributed by atoms with E-state index in [-0.39, 0.29) is 18.1 Å². The molecule has 2 heterocycles. The Bertz CT molecular complexity index is 554. The highest BCUT2D eigenvalue weighted by Gasteiger charge is 2.19. The molecule has 0 aromatic carbocycles. The maximum absolute atomic E-state index is 13.4. The first kappa shape index (κ1) is 16.2. The van der Waals surface area contributed by atoms with Gasteiger partial charge in [0.15, 0.2) is 5.17 Å². The van der Waals surface area contributed by atoms with Crippen molar-refractivity contribution >= 4 is 34.2 Å². The highest BCUT2D eigenvalue weighted by molar-refractivity contribution is 8.13. The Balaban J connectivity index is 2.06. The Morgan fingerprint density at radius 3 is 3.00 bits per heavy atom. The number of nitrogens with zero attached hydrogens (tertiary/aromatic N) is 2. The first-order valence-corrected chi connectivity index (χ1v) is 8.82. The maximum Gasteiger partial charge on any atom is 0.233 e. The molecule has 1 aromatic rings. The molecule has 1 aliphatic heterocycles. The van der Waals surface area contributed by atoms with Gasteiger partial charge in [-0.25, -0.2) is 9.38 Å². The Kier molecular flexibility index (Phi) is 5.99. The quantitative estimate of drug-likeness (QED) is 0.821. The van der Waals surface area contributed by atoms with Crippen LogP contribution in [0.25, 0.3) is 0 Å². The minimum absolute atomic E-state index is 0.0755. The molecular weight excluding hydrogens is 307 g/mol. The second-order valence-corrected chi connectivity index (χ2v) is 7.00. The van der Waals surface area contributed by atoms with Crippen molar-refractivity contribution in [2.75, 3.05) is 12.8 Å². The Labute approximate surface area is 132 Å². The van der Waals surface area contributed by atoms with Crippen LogP contribution in [-0.2, 0) is 11.2 Å². The molecule has 0 bridgehead atoms. The van der Waals surface area contributed by atoms with Gasteiger partial charge >= 0.3 is 0 Å². The molecule has 6 heteroatoms. The van der Waals surface area contributed by atoms with E-state index in [0.29, 0.717) is 10.0 Å². The summed E-state index contributed by atoms with van der Waals surface area (Å²) in [5.74, 6) is 0.488. The van der Waals surface area contributed by atoms with Gasteiger partial charge in [0.1, 0.15) is 5.82 Å². The summed E-state index contributed by atoms with van der Waals surface area (Å²) in [6, 6.07) is 1.39. The topological polar surface area (TPSA) is 32.7 Å². The number of hydrogen-bond acceptors (Lipinski definition) is 4. The molecule has 0 atom stereocenters. The van der Waals surface area contributed by atoms with Crippen molar-refractivity contribution in [2.45, 2.75) is 32.1 Å². The van der Waals surface area contributed by atoms with Gasteiger partial charge in [-0.15, -0.1) is 11.3 Å². The first-order valence-electron chi connectivity index (χ1n) is 6.95. The van der Waals surface area contributed by atoms with Crippen LogP contribution in [0.3, 0.4) is 0 Å². The highest BCUT2D eigenvalue weighted by atomic mass is 32.2. The van der Waals surface area contributed by atoms with Crippen LogP contribution in [0.2, 0.25) is 0 Å². The van der Waals surface area contributed by atoms with E-state index in [1.54, 1.807) is 24.2 Å². The number of thioether (sulfide) groups is 1. The zero-order chi connectivity index (χ0) is 15.2. The lowest BCUT2D eigenvalue weighted by Crippen LogP contribution is -2.32. The summed E-state index contributed by atoms with van der Waals surface area (Å²) >= 11 is 2.84. The van der Waals surface area contributed by atoms with Crippen LogP contribution >= 0.6 is 23.1 Å². The minimum atomic E-state index is -0.310. The van der Waals surface area contributed by atoms with Crippen LogP contribution in [-0.4, -0.2) is 28.8 Å². The normalized spacial score (nSPS) is 19.1. The lowest BCUT2D eigenvalue weighted by Gasteiger charge is -2.18. The predicted molar refractivity (Wildman–Crippen MR) is 88.3 cm³/mol. The molecule has 0 spiro atoms. The summed E-state index contributed by atoms with van der Waals surface area (Å²) in [7, 11) is 1.70. The molecular formula is C15H19FN2OS2. The molecule has 1 aromatic heterocycles. The average Bonchev–Trinajstić information content (AvgIpc) is 2.89. The zero-order valence-electron chi connectivity index (χ0n) is 12.1. The fourth-order valence-corrected chi connectivity index (χ4v) is 3.74. The number of amidine groups is 1. The SMILES string of the molecule is C=C1CCCCCS/C(N(C)C(=O)Cc2sccc2F)=N\1. The highest BCUT2D eigenvalue weighted by Crippen LogP contribution is 2.21. The lowest BCUT2D eigenvalue weighted by atomic mass is 10.2. The van der Waals surface area contributed by atoms with Gasteiger partial charge in [0, 0.05) is 23.4 Å². The summed E-state index contributed by atoms with van der Waals surface area (Å²) in [6.45, 7) is 3.94. The van der Waals surface area contributed by atoms with E-state index in [4.69, 9.17) is 0 Å². The van der Waals surface area contributed by atoms with Gasteiger partial charge in [-0.2, -0.15) is 0 Å². The van der Waals surface area contributed by atoms with Crippen LogP contribution in [0.4, 0.5) is 4.39 Å². The molecule has 0 aliphatic carbocycles. The summed E-state index contributed by atoms with van der Waals surface area (Å²) in [4.78, 5) is 18.8. The van der Waals surface area contributed by atoms with E-state index in [0.717, 1.165) is 37.1 Å². The fourth-order valence-electron chi connectivity index (χ4n) is 1.98. The minimum Gasteiger partial charge on any atom is -0.294 e. The lowest BCUT2D eigenvalue weighted by molar-refractivity contribution is -0.125. The number of likely N-dealkylation sites (N-methyl/N-ethyl adjacent to an activating group) is 1. The number of thiophene rings is 1. The number of amides is 1. The first-order chi connectivity index (χ1) is 10.1. The van der Waals surface area contributed by atoms with E-state index in [1.807, 2.05) is 0 Å². The van der Waals surface area contributed by atoms with Gasteiger partial charge < -0.3 is 0 Å². The van der Waals surface area contributed by atoms with Crippen molar-refractivity contribution in [2.24, 2.45) is 4.99 Å². The number of halogens is 1. The molecule has 0 N–H and O–H groups in total. The van der Waals surface area contributed by atoms with E-state index in [1.165, 1.54) is 22.3 Å². The van der Waals surface area contributed by atoms with Crippen LogP contribution in [0.1, 0.15) is 30.6 Å². The molecule has 0 radical (unpaired) electrons. The smallest absolute Gasteiger partial charge is 0.233 e. The van der Waals surface area contributed by atoms with Gasteiger partial charge in [-0.1, -0.05) is 24.8 Å². The monoisotopic (exact) mass is 326 g/mol. The average molecular weight is 326 g/mol. The van der Waals surface area contributed by atoms with E-state index in [2.05, 4.69) is 11.6 Å². The Hall–Kier alpha value is -1.14. The van der Waals surface area contributed by atoms with Crippen molar-refractivity contribution in [3.05, 3.63) is 34.4 Å². The molecule has 1 amide bonds. The second-order valence-electron chi connectivity index (χ2n) is 4.94. The van der Waals surface area contributed by atoms with Gasteiger partial charge in [0.2, 0.25) is 5.91 Å². The van der Waals surface area contributed by atoms with Gasteiger partial charge in [0.25, 0.3) is 0 Å². The van der Waals surface area contributed by atoms with Crippen LogP contribution in [0, 0.1) is 5.82 Å². The summed E-state index contributed by atoms with van der Waals surface area (Å²) < 4.78 is 13.4. The molecule has 0 saturated heterocycles. The molecule has 0 unspecified atom stereocenters. The largest absolute Gasteiger partial charge is 0.294 e. The Morgan fingerprint density at radius 2 is 2.29 bits per heavy atom. The number of carbonyl (C=O) groups is 1. The van der Waals surface area contributed by atoms with Crippen LogP contribution < -0.4 is 0 Å². The molecule has 114 valence electrons. The zero-order valence-corrected chi connectivity index (χ0v) is 13.7. The predicted octanol–water partition coefficient (Wildman–Crippen LogP) is 4.07. The van der Waals surface area contributed by atoms with Crippen molar-refractivity contribution in [3.63, 3.8) is 0 Å². The van der Waals surface area contributed by atoms with Crippen molar-refractivity contribution in [3.8, 4) is 0 Å².